The summed E-state index contributed by atoms with van der Waals surface area (Å²) >= 11 is 5.03. The Kier molecular flexibility index (Phi) is 3.94. The minimum atomic E-state index is 0.164. The van der Waals surface area contributed by atoms with E-state index in [-0.39, 0.29) is 5.91 Å². The van der Waals surface area contributed by atoms with E-state index < -0.39 is 0 Å². The lowest BCUT2D eigenvalue weighted by Crippen LogP contribution is -2.32. The number of nitrogens with zero attached hydrogens (tertiary/aromatic N) is 1. The van der Waals surface area contributed by atoms with Crippen LogP contribution in [0, 0.1) is 6.92 Å². The molecule has 4 heteroatoms. The van der Waals surface area contributed by atoms with Gasteiger partial charge in [0.2, 0.25) is 0 Å². The summed E-state index contributed by atoms with van der Waals surface area (Å²) < 4.78 is 1.05. The van der Waals surface area contributed by atoms with Crippen LogP contribution in [-0.4, -0.2) is 23.9 Å². The summed E-state index contributed by atoms with van der Waals surface area (Å²) in [7, 11) is 0. The SMILES string of the molecule is Cc1cc(C(=O)N2CCc3ccccc3CC2)sc1Br. The van der Waals surface area contributed by atoms with E-state index >= 15 is 0 Å². The first kappa shape index (κ1) is 13.8. The third-order valence-corrected chi connectivity index (χ3v) is 5.90. The first-order valence-electron chi connectivity index (χ1n) is 6.77. The first-order chi connectivity index (χ1) is 9.65. The zero-order chi connectivity index (χ0) is 14.1. The summed E-state index contributed by atoms with van der Waals surface area (Å²) in [5, 5.41) is 0. The van der Waals surface area contributed by atoms with Crippen molar-refractivity contribution in [1.82, 2.24) is 4.90 Å². The molecule has 2 aromatic rings. The Labute approximate surface area is 131 Å². The van der Waals surface area contributed by atoms with Crippen LogP contribution in [0.15, 0.2) is 34.1 Å². The lowest BCUT2D eigenvalue weighted by molar-refractivity contribution is 0.0768. The van der Waals surface area contributed by atoms with E-state index in [2.05, 4.69) is 40.2 Å². The fourth-order valence-corrected chi connectivity index (χ4v) is 4.09. The van der Waals surface area contributed by atoms with Crippen LogP contribution in [0.25, 0.3) is 0 Å². The van der Waals surface area contributed by atoms with E-state index in [1.54, 1.807) is 0 Å². The van der Waals surface area contributed by atoms with Gasteiger partial charge in [-0.3, -0.25) is 4.79 Å². The second-order valence-electron chi connectivity index (χ2n) is 5.13. The Balaban J connectivity index is 1.78. The predicted octanol–water partition coefficient (Wildman–Crippen LogP) is 4.06. The van der Waals surface area contributed by atoms with Gasteiger partial charge in [-0.25, -0.2) is 0 Å². The molecular weight excluding hydrogens is 334 g/mol. The van der Waals surface area contributed by atoms with Gasteiger partial charge in [0.05, 0.1) is 8.66 Å². The Bertz CT molecular complexity index is 603. The molecule has 2 nitrogen and oxygen atoms in total. The Morgan fingerprint density at radius 2 is 1.80 bits per heavy atom. The maximum Gasteiger partial charge on any atom is 0.263 e. The van der Waals surface area contributed by atoms with Gasteiger partial charge in [0, 0.05) is 13.1 Å². The zero-order valence-corrected chi connectivity index (χ0v) is 13.8. The van der Waals surface area contributed by atoms with E-state index in [0.29, 0.717) is 0 Å². The molecule has 1 aliphatic rings. The first-order valence-corrected chi connectivity index (χ1v) is 8.38. The van der Waals surface area contributed by atoms with Gasteiger partial charge in [-0.2, -0.15) is 0 Å². The summed E-state index contributed by atoms with van der Waals surface area (Å²) in [5.41, 5.74) is 3.90. The fourth-order valence-electron chi connectivity index (χ4n) is 2.59. The number of halogens is 1. The van der Waals surface area contributed by atoms with E-state index in [9.17, 15) is 4.79 Å². The number of carbonyl (C=O) groups is 1. The number of carbonyl (C=O) groups excluding carboxylic acids is 1. The van der Waals surface area contributed by atoms with Crippen LogP contribution < -0.4 is 0 Å². The fraction of sp³-hybridized carbons (Fsp3) is 0.312. The molecule has 1 aromatic heterocycles. The highest BCUT2D eigenvalue weighted by Gasteiger charge is 2.21. The standard InChI is InChI=1S/C16H16BrNOS/c1-11-10-14(20-15(11)17)16(19)18-8-6-12-4-2-3-5-13(12)7-9-18/h2-5,10H,6-9H2,1H3. The van der Waals surface area contributed by atoms with Crippen LogP contribution in [-0.2, 0) is 12.8 Å². The van der Waals surface area contributed by atoms with Gasteiger partial charge in [0.25, 0.3) is 5.91 Å². The minimum absolute atomic E-state index is 0.164. The van der Waals surface area contributed by atoms with Crippen molar-refractivity contribution >= 4 is 33.2 Å². The molecule has 104 valence electrons. The molecule has 0 atom stereocenters. The molecule has 20 heavy (non-hydrogen) atoms. The van der Waals surface area contributed by atoms with Crippen molar-refractivity contribution in [1.29, 1.82) is 0 Å². The molecule has 2 heterocycles. The van der Waals surface area contributed by atoms with E-state index in [0.717, 1.165) is 40.2 Å². The van der Waals surface area contributed by atoms with Crippen LogP contribution in [0.5, 0.6) is 0 Å². The summed E-state index contributed by atoms with van der Waals surface area (Å²) in [5.74, 6) is 0.164. The quantitative estimate of drug-likeness (QED) is 0.760. The van der Waals surface area contributed by atoms with E-state index in [1.165, 1.54) is 22.5 Å². The molecule has 0 fully saturated rings. The maximum absolute atomic E-state index is 12.6. The number of rotatable bonds is 1. The third-order valence-electron chi connectivity index (χ3n) is 3.78. The summed E-state index contributed by atoms with van der Waals surface area (Å²) in [4.78, 5) is 15.4. The number of amides is 1. The molecule has 0 saturated carbocycles. The highest BCUT2D eigenvalue weighted by Crippen LogP contribution is 2.28. The van der Waals surface area contributed by atoms with Gasteiger partial charge < -0.3 is 4.90 Å². The largest absolute Gasteiger partial charge is 0.337 e. The molecule has 0 unspecified atom stereocenters. The molecule has 1 amide bonds. The topological polar surface area (TPSA) is 20.3 Å². The lowest BCUT2D eigenvalue weighted by Gasteiger charge is -2.19. The van der Waals surface area contributed by atoms with Crippen LogP contribution in [0.3, 0.4) is 0 Å². The van der Waals surface area contributed by atoms with Crippen molar-refractivity contribution in [3.8, 4) is 0 Å². The van der Waals surface area contributed by atoms with Crippen LogP contribution in [0.2, 0.25) is 0 Å². The summed E-state index contributed by atoms with van der Waals surface area (Å²) in [6.07, 6.45) is 1.90. The van der Waals surface area contributed by atoms with Crippen molar-refractivity contribution < 1.29 is 4.79 Å². The molecular formula is C16H16BrNOS. The smallest absolute Gasteiger partial charge is 0.263 e. The van der Waals surface area contributed by atoms with Crippen molar-refractivity contribution in [2.45, 2.75) is 19.8 Å². The lowest BCUT2D eigenvalue weighted by atomic mass is 10.0. The molecule has 3 rings (SSSR count). The molecule has 0 aliphatic carbocycles. The van der Waals surface area contributed by atoms with E-state index in [4.69, 9.17) is 0 Å². The normalized spacial score (nSPS) is 14.8. The molecule has 0 radical (unpaired) electrons. The zero-order valence-electron chi connectivity index (χ0n) is 11.4. The Hall–Kier alpha value is -1.13. The highest BCUT2D eigenvalue weighted by molar-refractivity contribution is 9.11. The van der Waals surface area contributed by atoms with Gasteiger partial charge >= 0.3 is 0 Å². The van der Waals surface area contributed by atoms with Crippen molar-refractivity contribution in [3.05, 3.63) is 55.7 Å². The van der Waals surface area contributed by atoms with Crippen molar-refractivity contribution in [2.24, 2.45) is 0 Å². The number of hydrogen-bond donors (Lipinski definition) is 0. The van der Waals surface area contributed by atoms with Gasteiger partial charge in [-0.15, -0.1) is 11.3 Å². The van der Waals surface area contributed by atoms with Gasteiger partial charge in [0.15, 0.2) is 0 Å². The Morgan fingerprint density at radius 3 is 2.30 bits per heavy atom. The summed E-state index contributed by atoms with van der Waals surface area (Å²) in [6, 6.07) is 10.5. The Morgan fingerprint density at radius 1 is 1.20 bits per heavy atom. The molecule has 0 spiro atoms. The molecule has 1 aromatic carbocycles. The minimum Gasteiger partial charge on any atom is -0.337 e. The molecule has 0 N–H and O–H groups in total. The monoisotopic (exact) mass is 349 g/mol. The predicted molar refractivity (Wildman–Crippen MR) is 86.5 cm³/mol. The van der Waals surface area contributed by atoms with Crippen LogP contribution >= 0.6 is 27.3 Å². The molecule has 0 saturated heterocycles. The number of fused-ring (bicyclic) bond motifs is 1. The summed E-state index contributed by atoms with van der Waals surface area (Å²) in [6.45, 7) is 3.64. The van der Waals surface area contributed by atoms with Crippen LogP contribution in [0.4, 0.5) is 0 Å². The van der Waals surface area contributed by atoms with Crippen molar-refractivity contribution in [2.75, 3.05) is 13.1 Å². The van der Waals surface area contributed by atoms with Gasteiger partial charge in [-0.05, 0) is 58.5 Å². The average molecular weight is 350 g/mol. The molecule has 1 aliphatic heterocycles. The average Bonchev–Trinajstić information content (AvgIpc) is 2.68. The number of thiophene rings is 1. The number of benzene rings is 1. The number of aryl methyl sites for hydroxylation is 1. The van der Waals surface area contributed by atoms with Crippen LogP contribution in [0.1, 0.15) is 26.4 Å². The second-order valence-corrected chi connectivity index (χ2v) is 7.50. The highest BCUT2D eigenvalue weighted by atomic mass is 79.9. The second kappa shape index (κ2) is 5.70. The van der Waals surface area contributed by atoms with Gasteiger partial charge in [0.1, 0.15) is 0 Å². The maximum atomic E-state index is 12.6. The van der Waals surface area contributed by atoms with Gasteiger partial charge in [-0.1, -0.05) is 24.3 Å². The van der Waals surface area contributed by atoms with Crippen molar-refractivity contribution in [3.63, 3.8) is 0 Å². The third kappa shape index (κ3) is 2.67. The number of hydrogen-bond acceptors (Lipinski definition) is 2. The molecule has 0 bridgehead atoms. The van der Waals surface area contributed by atoms with E-state index in [1.807, 2.05) is 17.9 Å².